The van der Waals surface area contributed by atoms with E-state index >= 15 is 0 Å². The highest BCUT2D eigenvalue weighted by Gasteiger charge is 2.39. The molecule has 18 heavy (non-hydrogen) atoms. The van der Waals surface area contributed by atoms with Crippen molar-refractivity contribution < 1.29 is 4.42 Å². The Balaban J connectivity index is 1.59. The van der Waals surface area contributed by atoms with E-state index in [1.807, 2.05) is 18.2 Å². The first-order chi connectivity index (χ1) is 8.78. The van der Waals surface area contributed by atoms with E-state index in [2.05, 4.69) is 4.98 Å². The van der Waals surface area contributed by atoms with Crippen LogP contribution >= 0.6 is 0 Å². The molecule has 0 amide bonds. The van der Waals surface area contributed by atoms with Crippen LogP contribution in [0.1, 0.15) is 31.6 Å². The van der Waals surface area contributed by atoms with Crippen molar-refractivity contribution >= 4 is 16.8 Å². The third-order valence-electron chi connectivity index (χ3n) is 4.78. The fourth-order valence-electron chi connectivity index (χ4n) is 3.93. The van der Waals surface area contributed by atoms with Crippen LogP contribution in [0.3, 0.4) is 0 Å². The smallest absolute Gasteiger partial charge is 0.195 e. The number of oxazole rings is 1. The second-order valence-corrected chi connectivity index (χ2v) is 5.97. The van der Waals surface area contributed by atoms with Crippen LogP contribution in [0.5, 0.6) is 0 Å². The van der Waals surface area contributed by atoms with E-state index < -0.39 is 0 Å². The Morgan fingerprint density at radius 2 is 2.22 bits per heavy atom. The molecule has 2 N–H and O–H groups in total. The Labute approximate surface area is 106 Å². The molecule has 3 unspecified atom stereocenters. The summed E-state index contributed by atoms with van der Waals surface area (Å²) >= 11 is 0. The number of benzene rings is 1. The van der Waals surface area contributed by atoms with Gasteiger partial charge < -0.3 is 10.2 Å². The SMILES string of the molecule is Nc1ccc2oc(CC3CC4CCC3C4)nc2c1. The maximum absolute atomic E-state index is 5.83. The number of nitrogen functional groups attached to an aromatic ring is 1. The van der Waals surface area contributed by atoms with Crippen LogP contribution in [0.15, 0.2) is 22.6 Å². The van der Waals surface area contributed by atoms with E-state index in [4.69, 9.17) is 10.2 Å². The van der Waals surface area contributed by atoms with Crippen molar-refractivity contribution in [1.29, 1.82) is 0 Å². The first kappa shape index (κ1) is 10.4. The van der Waals surface area contributed by atoms with Crippen molar-refractivity contribution in [1.82, 2.24) is 4.98 Å². The summed E-state index contributed by atoms with van der Waals surface area (Å²) in [4.78, 5) is 4.57. The van der Waals surface area contributed by atoms with Gasteiger partial charge in [-0.15, -0.1) is 0 Å². The predicted octanol–water partition coefficient (Wildman–Crippen LogP) is 3.39. The summed E-state index contributed by atoms with van der Waals surface area (Å²) in [6, 6.07) is 5.68. The van der Waals surface area contributed by atoms with E-state index in [-0.39, 0.29) is 0 Å². The molecule has 2 aromatic rings. The van der Waals surface area contributed by atoms with E-state index in [1.165, 1.54) is 25.7 Å². The van der Waals surface area contributed by atoms with Gasteiger partial charge in [0.05, 0.1) is 0 Å². The van der Waals surface area contributed by atoms with Gasteiger partial charge in [-0.3, -0.25) is 0 Å². The lowest BCUT2D eigenvalue weighted by molar-refractivity contribution is 0.310. The minimum Gasteiger partial charge on any atom is -0.441 e. The zero-order valence-corrected chi connectivity index (χ0v) is 10.4. The number of aromatic nitrogens is 1. The van der Waals surface area contributed by atoms with E-state index in [0.717, 1.165) is 46.9 Å². The van der Waals surface area contributed by atoms with Gasteiger partial charge in [0.2, 0.25) is 0 Å². The van der Waals surface area contributed by atoms with Gasteiger partial charge in [-0.2, -0.15) is 0 Å². The van der Waals surface area contributed by atoms with Gasteiger partial charge in [-0.1, -0.05) is 6.42 Å². The van der Waals surface area contributed by atoms with Crippen molar-refractivity contribution in [3.63, 3.8) is 0 Å². The maximum Gasteiger partial charge on any atom is 0.195 e. The van der Waals surface area contributed by atoms with Crippen LogP contribution in [-0.4, -0.2) is 4.98 Å². The number of rotatable bonds is 2. The average molecular weight is 242 g/mol. The van der Waals surface area contributed by atoms with Gasteiger partial charge in [0, 0.05) is 12.1 Å². The predicted molar refractivity (Wildman–Crippen MR) is 71.1 cm³/mol. The van der Waals surface area contributed by atoms with Crippen molar-refractivity contribution in [2.24, 2.45) is 17.8 Å². The highest BCUT2D eigenvalue weighted by atomic mass is 16.3. The largest absolute Gasteiger partial charge is 0.441 e. The Bertz CT molecular complexity index is 589. The minimum absolute atomic E-state index is 0.752. The maximum atomic E-state index is 5.83. The molecular formula is C15H18N2O. The lowest BCUT2D eigenvalue weighted by Gasteiger charge is -2.19. The first-order valence-electron chi connectivity index (χ1n) is 6.93. The molecular weight excluding hydrogens is 224 g/mol. The van der Waals surface area contributed by atoms with Crippen LogP contribution in [0.4, 0.5) is 5.69 Å². The lowest BCUT2D eigenvalue weighted by atomic mass is 9.86. The first-order valence-corrected chi connectivity index (χ1v) is 6.93. The van der Waals surface area contributed by atoms with Crippen LogP contribution in [-0.2, 0) is 6.42 Å². The number of fused-ring (bicyclic) bond motifs is 3. The number of nitrogens with zero attached hydrogens (tertiary/aromatic N) is 1. The number of hydrogen-bond donors (Lipinski definition) is 1. The van der Waals surface area contributed by atoms with Gasteiger partial charge in [0.25, 0.3) is 0 Å². The highest BCUT2D eigenvalue weighted by molar-refractivity contribution is 5.76. The highest BCUT2D eigenvalue weighted by Crippen LogP contribution is 2.49. The second kappa shape index (κ2) is 3.74. The molecule has 0 saturated heterocycles. The Morgan fingerprint density at radius 1 is 1.28 bits per heavy atom. The third kappa shape index (κ3) is 1.61. The van der Waals surface area contributed by atoms with Gasteiger partial charge in [0.15, 0.2) is 11.5 Å². The molecule has 4 rings (SSSR count). The van der Waals surface area contributed by atoms with Crippen LogP contribution < -0.4 is 5.73 Å². The van der Waals surface area contributed by atoms with Crippen LogP contribution in [0.25, 0.3) is 11.1 Å². The molecule has 2 bridgehead atoms. The quantitative estimate of drug-likeness (QED) is 0.821. The Morgan fingerprint density at radius 3 is 3.00 bits per heavy atom. The summed E-state index contributed by atoms with van der Waals surface area (Å²) in [5, 5.41) is 0. The molecule has 2 aliphatic rings. The van der Waals surface area contributed by atoms with E-state index in [9.17, 15) is 0 Å². The van der Waals surface area contributed by atoms with E-state index in [1.54, 1.807) is 0 Å². The molecule has 3 heteroatoms. The van der Waals surface area contributed by atoms with Gasteiger partial charge in [0.1, 0.15) is 5.52 Å². The lowest BCUT2D eigenvalue weighted by Crippen LogP contribution is -2.13. The molecule has 3 atom stereocenters. The zero-order valence-electron chi connectivity index (χ0n) is 10.4. The molecule has 0 aliphatic heterocycles. The summed E-state index contributed by atoms with van der Waals surface area (Å²) < 4.78 is 5.83. The number of nitrogens with two attached hydrogens (primary N) is 1. The fourth-order valence-corrected chi connectivity index (χ4v) is 3.93. The standard InChI is InChI=1S/C15H18N2O/c16-12-3-4-14-13(8-12)17-15(18-14)7-11-6-9-1-2-10(11)5-9/h3-4,8-11H,1-2,5-7,16H2. The van der Waals surface area contributed by atoms with Gasteiger partial charge in [-0.25, -0.2) is 4.98 Å². The van der Waals surface area contributed by atoms with Crippen molar-refractivity contribution in [2.45, 2.75) is 32.1 Å². The molecule has 94 valence electrons. The Hall–Kier alpha value is -1.51. The van der Waals surface area contributed by atoms with Crippen molar-refractivity contribution in [2.75, 3.05) is 5.73 Å². The summed E-state index contributed by atoms with van der Waals surface area (Å²) in [6.45, 7) is 0. The summed E-state index contributed by atoms with van der Waals surface area (Å²) in [7, 11) is 0. The monoisotopic (exact) mass is 242 g/mol. The second-order valence-electron chi connectivity index (χ2n) is 5.97. The molecule has 2 saturated carbocycles. The van der Waals surface area contributed by atoms with E-state index in [0.29, 0.717) is 0 Å². The molecule has 0 radical (unpaired) electrons. The molecule has 2 fully saturated rings. The minimum atomic E-state index is 0.752. The number of anilines is 1. The summed E-state index contributed by atoms with van der Waals surface area (Å²) in [5.41, 5.74) is 8.28. The van der Waals surface area contributed by atoms with Crippen molar-refractivity contribution in [3.8, 4) is 0 Å². The van der Waals surface area contributed by atoms with Crippen molar-refractivity contribution in [3.05, 3.63) is 24.1 Å². The average Bonchev–Trinajstić information content (AvgIpc) is 3.02. The zero-order chi connectivity index (χ0) is 12.1. The topological polar surface area (TPSA) is 52.0 Å². The normalized spacial score (nSPS) is 30.3. The molecule has 1 heterocycles. The molecule has 2 aliphatic carbocycles. The molecule has 1 aromatic heterocycles. The molecule has 3 nitrogen and oxygen atoms in total. The summed E-state index contributed by atoms with van der Waals surface area (Å²) in [6.07, 6.45) is 6.70. The fraction of sp³-hybridized carbons (Fsp3) is 0.533. The third-order valence-corrected chi connectivity index (χ3v) is 4.78. The number of hydrogen-bond acceptors (Lipinski definition) is 3. The van der Waals surface area contributed by atoms with Gasteiger partial charge in [-0.05, 0) is 55.2 Å². The van der Waals surface area contributed by atoms with Gasteiger partial charge >= 0.3 is 0 Å². The van der Waals surface area contributed by atoms with Crippen LogP contribution in [0.2, 0.25) is 0 Å². The Kier molecular flexibility index (Phi) is 2.16. The molecule has 0 spiro atoms. The molecule has 1 aromatic carbocycles. The summed E-state index contributed by atoms with van der Waals surface area (Å²) in [5.74, 6) is 3.61. The van der Waals surface area contributed by atoms with Crippen LogP contribution in [0, 0.1) is 17.8 Å².